The maximum Gasteiger partial charge on any atom is 0.251 e. The number of fused-ring (bicyclic) bond motifs is 1. The van der Waals surface area contributed by atoms with Gasteiger partial charge in [-0.3, -0.25) is 9.59 Å². The molecular weight excluding hydrogens is 498 g/mol. The van der Waals surface area contributed by atoms with E-state index in [1.165, 1.54) is 6.92 Å². The van der Waals surface area contributed by atoms with E-state index in [1.54, 1.807) is 31.4 Å². The van der Waals surface area contributed by atoms with Gasteiger partial charge in [-0.05, 0) is 66.1 Å². The van der Waals surface area contributed by atoms with E-state index in [4.69, 9.17) is 21.3 Å². The van der Waals surface area contributed by atoms with Gasteiger partial charge < -0.3 is 15.0 Å². The zero-order valence-corrected chi connectivity index (χ0v) is 21.8. The predicted molar refractivity (Wildman–Crippen MR) is 151 cm³/mol. The molecule has 0 spiro atoms. The SMILES string of the molecule is COCC(NC(=O)c1ccc(-c2cc(Cl)ccc2-c2nc3ccccc3[nH]2)c(C(C)=O)c1)c1ccccc1. The van der Waals surface area contributed by atoms with Gasteiger partial charge in [-0.2, -0.15) is 0 Å². The first-order valence-electron chi connectivity index (χ1n) is 12.2. The van der Waals surface area contributed by atoms with Gasteiger partial charge in [0, 0.05) is 28.8 Å². The first kappa shape index (κ1) is 25.4. The molecule has 0 aliphatic rings. The van der Waals surface area contributed by atoms with Gasteiger partial charge in [0.15, 0.2) is 5.78 Å². The Morgan fingerprint density at radius 1 is 0.921 bits per heavy atom. The lowest BCUT2D eigenvalue weighted by Gasteiger charge is -2.19. The second-order valence-electron chi connectivity index (χ2n) is 9.00. The van der Waals surface area contributed by atoms with Gasteiger partial charge in [0.05, 0.1) is 23.7 Å². The molecular formula is C31H26ClN3O3. The van der Waals surface area contributed by atoms with Crippen LogP contribution in [0.5, 0.6) is 0 Å². The Morgan fingerprint density at radius 2 is 1.66 bits per heavy atom. The molecule has 1 aromatic heterocycles. The van der Waals surface area contributed by atoms with Crippen LogP contribution in [0.1, 0.15) is 39.2 Å². The van der Waals surface area contributed by atoms with E-state index >= 15 is 0 Å². The summed E-state index contributed by atoms with van der Waals surface area (Å²) in [6.45, 7) is 1.81. The van der Waals surface area contributed by atoms with E-state index in [0.29, 0.717) is 34.1 Å². The average Bonchev–Trinajstić information content (AvgIpc) is 3.37. The van der Waals surface area contributed by atoms with Crippen molar-refractivity contribution in [3.05, 3.63) is 113 Å². The van der Waals surface area contributed by atoms with Crippen LogP contribution >= 0.6 is 11.6 Å². The molecule has 0 aliphatic heterocycles. The summed E-state index contributed by atoms with van der Waals surface area (Å²) in [5, 5.41) is 3.55. The van der Waals surface area contributed by atoms with Crippen LogP contribution in [-0.4, -0.2) is 35.4 Å². The molecule has 7 heteroatoms. The fourth-order valence-corrected chi connectivity index (χ4v) is 4.72. The Morgan fingerprint density at radius 3 is 2.39 bits per heavy atom. The van der Waals surface area contributed by atoms with Crippen molar-refractivity contribution in [3.63, 3.8) is 0 Å². The number of para-hydroxylation sites is 2. The Bertz CT molecular complexity index is 1600. The van der Waals surface area contributed by atoms with Crippen molar-refractivity contribution in [2.24, 2.45) is 0 Å². The van der Waals surface area contributed by atoms with Crippen molar-refractivity contribution in [2.45, 2.75) is 13.0 Å². The van der Waals surface area contributed by atoms with Gasteiger partial charge >= 0.3 is 0 Å². The summed E-state index contributed by atoms with van der Waals surface area (Å²) in [5.74, 6) is 0.203. The van der Waals surface area contributed by atoms with E-state index in [0.717, 1.165) is 27.7 Å². The summed E-state index contributed by atoms with van der Waals surface area (Å²) in [7, 11) is 1.59. The molecule has 4 aromatic carbocycles. The zero-order chi connectivity index (χ0) is 26.6. The number of nitrogens with zero attached hydrogens (tertiary/aromatic N) is 1. The van der Waals surface area contributed by atoms with Crippen LogP contribution in [0.2, 0.25) is 5.02 Å². The molecule has 6 nitrogen and oxygen atoms in total. The zero-order valence-electron chi connectivity index (χ0n) is 21.0. The van der Waals surface area contributed by atoms with Gasteiger partial charge in [-0.15, -0.1) is 0 Å². The number of hydrogen-bond donors (Lipinski definition) is 2. The number of rotatable bonds is 8. The fourth-order valence-electron chi connectivity index (χ4n) is 4.55. The highest BCUT2D eigenvalue weighted by atomic mass is 35.5. The number of methoxy groups -OCH3 is 1. The lowest BCUT2D eigenvalue weighted by atomic mass is 9.91. The quantitative estimate of drug-likeness (QED) is 0.217. The van der Waals surface area contributed by atoms with Crippen molar-refractivity contribution in [1.29, 1.82) is 0 Å². The lowest BCUT2D eigenvalue weighted by Crippen LogP contribution is -2.31. The minimum atomic E-state index is -0.332. The topological polar surface area (TPSA) is 84.1 Å². The number of imidazole rings is 1. The monoisotopic (exact) mass is 523 g/mol. The molecule has 0 radical (unpaired) electrons. The molecule has 5 rings (SSSR count). The van der Waals surface area contributed by atoms with Crippen molar-refractivity contribution in [2.75, 3.05) is 13.7 Å². The number of ether oxygens (including phenoxy) is 1. The fraction of sp³-hybridized carbons (Fsp3) is 0.129. The van der Waals surface area contributed by atoms with Gasteiger partial charge in [0.1, 0.15) is 5.82 Å². The summed E-state index contributed by atoms with van der Waals surface area (Å²) < 4.78 is 5.33. The molecule has 0 aliphatic carbocycles. The Hall–Kier alpha value is -4.26. The van der Waals surface area contributed by atoms with Gasteiger partial charge in [0.2, 0.25) is 0 Å². The molecule has 5 aromatic rings. The number of halogens is 1. The van der Waals surface area contributed by atoms with Crippen molar-refractivity contribution in [3.8, 4) is 22.5 Å². The average molecular weight is 524 g/mol. The van der Waals surface area contributed by atoms with Crippen LogP contribution in [0.15, 0.2) is 91.0 Å². The summed E-state index contributed by atoms with van der Waals surface area (Å²) in [6.07, 6.45) is 0. The molecule has 1 unspecified atom stereocenters. The highest BCUT2D eigenvalue weighted by Crippen LogP contribution is 2.36. The molecule has 0 saturated heterocycles. The van der Waals surface area contributed by atoms with E-state index in [1.807, 2.05) is 66.7 Å². The van der Waals surface area contributed by atoms with Crippen LogP contribution in [0.25, 0.3) is 33.5 Å². The molecule has 2 N–H and O–H groups in total. The van der Waals surface area contributed by atoms with Gasteiger partial charge in [0.25, 0.3) is 5.91 Å². The summed E-state index contributed by atoms with van der Waals surface area (Å²) >= 11 is 6.40. The van der Waals surface area contributed by atoms with E-state index < -0.39 is 0 Å². The molecule has 1 atom stereocenters. The van der Waals surface area contributed by atoms with Crippen LogP contribution in [0, 0.1) is 0 Å². The molecule has 0 saturated carbocycles. The minimum absolute atomic E-state index is 0.165. The van der Waals surface area contributed by atoms with E-state index in [9.17, 15) is 9.59 Å². The predicted octanol–water partition coefficient (Wildman–Crippen LogP) is 6.87. The molecule has 1 heterocycles. The number of aromatic amines is 1. The maximum absolute atomic E-state index is 13.3. The number of nitrogens with one attached hydrogen (secondary N) is 2. The number of ketones is 1. The molecule has 1 amide bonds. The first-order valence-corrected chi connectivity index (χ1v) is 12.6. The third kappa shape index (κ3) is 5.23. The largest absolute Gasteiger partial charge is 0.382 e. The summed E-state index contributed by atoms with van der Waals surface area (Å²) in [4.78, 5) is 34.2. The summed E-state index contributed by atoms with van der Waals surface area (Å²) in [5.41, 5.74) is 5.69. The van der Waals surface area contributed by atoms with E-state index in [2.05, 4.69) is 10.3 Å². The molecule has 0 fully saturated rings. The van der Waals surface area contributed by atoms with Crippen LogP contribution < -0.4 is 5.32 Å². The van der Waals surface area contributed by atoms with Crippen molar-refractivity contribution in [1.82, 2.24) is 15.3 Å². The maximum atomic E-state index is 13.3. The van der Waals surface area contributed by atoms with E-state index in [-0.39, 0.29) is 17.7 Å². The van der Waals surface area contributed by atoms with Gasteiger partial charge in [-0.25, -0.2) is 4.98 Å². The second kappa shape index (κ2) is 11.0. The first-order chi connectivity index (χ1) is 18.4. The second-order valence-corrected chi connectivity index (χ2v) is 9.44. The number of aromatic nitrogens is 2. The summed E-state index contributed by atoms with van der Waals surface area (Å²) in [6, 6.07) is 27.7. The molecule has 38 heavy (non-hydrogen) atoms. The Balaban J connectivity index is 1.54. The van der Waals surface area contributed by atoms with Gasteiger partial charge in [-0.1, -0.05) is 60.1 Å². The van der Waals surface area contributed by atoms with Crippen LogP contribution in [0.3, 0.4) is 0 Å². The Labute approximate surface area is 225 Å². The number of Topliss-reactive ketones (excluding diaryl/α,β-unsaturated/α-hetero) is 1. The standard InChI is InChI=1S/C31H26ClN3O3/c1-19(36)25-16-21(31(37)35-29(18-38-2)20-8-4-3-5-9-20)12-14-23(25)26-17-22(32)13-15-24(26)30-33-27-10-6-7-11-28(27)34-30/h3-17,29H,18H2,1-2H3,(H,33,34)(H,35,37). The third-order valence-corrected chi connectivity index (χ3v) is 6.65. The lowest BCUT2D eigenvalue weighted by molar-refractivity contribution is 0.0896. The number of hydrogen-bond acceptors (Lipinski definition) is 4. The molecule has 190 valence electrons. The van der Waals surface area contributed by atoms with Crippen LogP contribution in [-0.2, 0) is 4.74 Å². The number of H-pyrrole nitrogens is 1. The molecule has 0 bridgehead atoms. The third-order valence-electron chi connectivity index (χ3n) is 6.42. The highest BCUT2D eigenvalue weighted by Gasteiger charge is 2.20. The smallest absolute Gasteiger partial charge is 0.251 e. The number of benzene rings is 4. The van der Waals surface area contributed by atoms with Crippen LogP contribution in [0.4, 0.5) is 0 Å². The van der Waals surface area contributed by atoms with Crippen molar-refractivity contribution < 1.29 is 14.3 Å². The van der Waals surface area contributed by atoms with Crippen molar-refractivity contribution >= 4 is 34.3 Å². The number of amides is 1. The minimum Gasteiger partial charge on any atom is -0.382 e. The normalized spacial score (nSPS) is 11.9. The Kier molecular flexibility index (Phi) is 7.36. The highest BCUT2D eigenvalue weighted by molar-refractivity contribution is 6.31. The number of carbonyl (C=O) groups is 2. The number of carbonyl (C=O) groups excluding carboxylic acids is 2.